The molecule has 98 valence electrons. The van der Waals surface area contributed by atoms with Gasteiger partial charge in [-0.25, -0.2) is 14.9 Å². The van der Waals surface area contributed by atoms with Gasteiger partial charge in [0.1, 0.15) is 13.1 Å². The first-order valence-corrected chi connectivity index (χ1v) is 5.85. The van der Waals surface area contributed by atoms with Crippen LogP contribution in [0.2, 0.25) is 0 Å². The maximum Gasteiger partial charge on any atom is 0.415 e. The summed E-state index contributed by atoms with van der Waals surface area (Å²) < 4.78 is 9.80. The Balaban J connectivity index is 2.05. The number of hydrogen-bond donors (Lipinski definition) is 3. The molecule has 0 saturated carbocycles. The third kappa shape index (κ3) is 6.08. The summed E-state index contributed by atoms with van der Waals surface area (Å²) in [4.78, 5) is 23.5. The van der Waals surface area contributed by atoms with E-state index in [4.69, 9.17) is 4.74 Å². The van der Waals surface area contributed by atoms with Crippen molar-refractivity contribution in [2.45, 2.75) is 6.92 Å². The molecular formula is C10H20N3O4+. The lowest BCUT2D eigenvalue weighted by molar-refractivity contribution is -0.906. The normalized spacial score (nSPS) is 16.3. The molecule has 7 nitrogen and oxygen atoms in total. The third-order valence-corrected chi connectivity index (χ3v) is 2.46. The zero-order valence-electron chi connectivity index (χ0n) is 10.1. The van der Waals surface area contributed by atoms with Crippen LogP contribution in [-0.4, -0.2) is 58.1 Å². The van der Waals surface area contributed by atoms with Crippen molar-refractivity contribution in [3.8, 4) is 0 Å². The number of rotatable bonds is 4. The van der Waals surface area contributed by atoms with Crippen LogP contribution in [0.4, 0.5) is 9.59 Å². The van der Waals surface area contributed by atoms with Gasteiger partial charge in [-0.2, -0.15) is 0 Å². The minimum absolute atomic E-state index is 0.247. The summed E-state index contributed by atoms with van der Waals surface area (Å²) in [5.74, 6) is 0. The number of quaternary nitrogens is 1. The van der Waals surface area contributed by atoms with E-state index in [0.29, 0.717) is 6.54 Å². The highest BCUT2D eigenvalue weighted by Crippen LogP contribution is 1.76. The first-order chi connectivity index (χ1) is 8.22. The van der Waals surface area contributed by atoms with Crippen molar-refractivity contribution >= 4 is 12.1 Å². The smallest absolute Gasteiger partial charge is 0.415 e. The number of carbonyl (C=O) groups excluding carboxylic acids is 2. The van der Waals surface area contributed by atoms with E-state index < -0.39 is 12.1 Å². The van der Waals surface area contributed by atoms with Crippen LogP contribution < -0.4 is 15.5 Å². The summed E-state index contributed by atoms with van der Waals surface area (Å²) in [7, 11) is 0. The number of imide groups is 1. The van der Waals surface area contributed by atoms with Crippen LogP contribution >= 0.6 is 0 Å². The first-order valence-electron chi connectivity index (χ1n) is 5.85. The Morgan fingerprint density at radius 3 is 2.71 bits per heavy atom. The van der Waals surface area contributed by atoms with Crippen LogP contribution in [0.3, 0.4) is 0 Å². The van der Waals surface area contributed by atoms with E-state index in [1.54, 1.807) is 6.92 Å². The molecule has 0 unspecified atom stereocenters. The van der Waals surface area contributed by atoms with Gasteiger partial charge in [0.2, 0.25) is 0 Å². The maximum absolute atomic E-state index is 11.2. The molecule has 0 radical (unpaired) electrons. The second-order valence-corrected chi connectivity index (χ2v) is 3.71. The molecule has 3 N–H and O–H groups in total. The highest BCUT2D eigenvalue weighted by atomic mass is 16.5. The van der Waals surface area contributed by atoms with E-state index in [1.165, 1.54) is 4.90 Å². The van der Waals surface area contributed by atoms with E-state index >= 15 is 0 Å². The highest BCUT2D eigenvalue weighted by Gasteiger charge is 2.14. The van der Waals surface area contributed by atoms with Crippen LogP contribution in [0.15, 0.2) is 0 Å². The third-order valence-electron chi connectivity index (χ3n) is 2.46. The topological polar surface area (TPSA) is 81.1 Å². The quantitative estimate of drug-likeness (QED) is 0.555. The summed E-state index contributed by atoms with van der Waals surface area (Å²) in [6.45, 7) is 6.74. The Bertz CT molecular complexity index is 254. The predicted molar refractivity (Wildman–Crippen MR) is 59.9 cm³/mol. The van der Waals surface area contributed by atoms with E-state index in [2.05, 4.69) is 15.4 Å². The molecule has 1 rings (SSSR count). The molecule has 0 aromatic rings. The van der Waals surface area contributed by atoms with Crippen LogP contribution in [0.5, 0.6) is 0 Å². The molecule has 0 aromatic carbocycles. The van der Waals surface area contributed by atoms with E-state index in [0.717, 1.165) is 32.8 Å². The summed E-state index contributed by atoms with van der Waals surface area (Å²) in [6.07, 6.45) is -0.719. The number of nitrogens with one attached hydrogen (secondary N) is 3. The summed E-state index contributed by atoms with van der Waals surface area (Å²) >= 11 is 0. The van der Waals surface area contributed by atoms with Crippen molar-refractivity contribution < 1.29 is 24.0 Å². The molecule has 0 spiro atoms. The fraction of sp³-hybridized carbons (Fsp3) is 0.800. The molecule has 1 heterocycles. The van der Waals surface area contributed by atoms with Crippen LogP contribution in [0, 0.1) is 0 Å². The van der Waals surface area contributed by atoms with Gasteiger partial charge < -0.3 is 19.7 Å². The molecule has 1 aliphatic heterocycles. The van der Waals surface area contributed by atoms with E-state index in [1.807, 2.05) is 0 Å². The van der Waals surface area contributed by atoms with Gasteiger partial charge in [0.05, 0.1) is 32.9 Å². The monoisotopic (exact) mass is 246 g/mol. The summed E-state index contributed by atoms with van der Waals surface area (Å²) in [5.41, 5.74) is 0. The average molecular weight is 246 g/mol. The fourth-order valence-corrected chi connectivity index (χ4v) is 1.57. The molecule has 7 heteroatoms. The Morgan fingerprint density at radius 2 is 2.06 bits per heavy atom. The number of morpholine rings is 1. The van der Waals surface area contributed by atoms with Crippen molar-refractivity contribution in [1.29, 1.82) is 0 Å². The van der Waals surface area contributed by atoms with Gasteiger partial charge in [0.25, 0.3) is 0 Å². The number of ether oxygens (including phenoxy) is 2. The molecule has 0 bridgehead atoms. The lowest BCUT2D eigenvalue weighted by Crippen LogP contribution is -3.14. The minimum Gasteiger partial charge on any atom is -0.450 e. The van der Waals surface area contributed by atoms with Crippen LogP contribution in [0.25, 0.3) is 0 Å². The van der Waals surface area contributed by atoms with Crippen molar-refractivity contribution in [1.82, 2.24) is 10.6 Å². The van der Waals surface area contributed by atoms with Gasteiger partial charge in [-0.05, 0) is 6.92 Å². The molecule has 17 heavy (non-hydrogen) atoms. The first kappa shape index (κ1) is 13.7. The maximum atomic E-state index is 11.2. The molecule has 3 amide bonds. The zero-order chi connectivity index (χ0) is 12.5. The van der Waals surface area contributed by atoms with Crippen molar-refractivity contribution in [3.05, 3.63) is 0 Å². The lowest BCUT2D eigenvalue weighted by atomic mass is 10.4. The predicted octanol–water partition coefficient (Wildman–Crippen LogP) is -1.64. The SMILES string of the molecule is CCOC(=O)NC(=O)NCC[NH+]1CCOCC1. The summed E-state index contributed by atoms with van der Waals surface area (Å²) in [6, 6.07) is -0.517. The highest BCUT2D eigenvalue weighted by molar-refractivity contribution is 5.90. The Labute approximate surface area is 100 Å². The largest absolute Gasteiger partial charge is 0.450 e. The number of urea groups is 1. The number of carbonyl (C=O) groups is 2. The molecule has 1 aliphatic rings. The average Bonchev–Trinajstić information content (AvgIpc) is 2.30. The van der Waals surface area contributed by atoms with Gasteiger partial charge in [-0.1, -0.05) is 0 Å². The Morgan fingerprint density at radius 1 is 1.35 bits per heavy atom. The number of alkyl carbamates (subject to hydrolysis) is 1. The molecule has 0 aromatic heterocycles. The Kier molecular flexibility index (Phi) is 6.34. The van der Waals surface area contributed by atoms with Gasteiger partial charge in [-0.15, -0.1) is 0 Å². The van der Waals surface area contributed by atoms with Crippen molar-refractivity contribution in [2.75, 3.05) is 46.0 Å². The van der Waals surface area contributed by atoms with Crippen molar-refractivity contribution in [2.24, 2.45) is 0 Å². The van der Waals surface area contributed by atoms with Gasteiger partial charge in [-0.3, -0.25) is 0 Å². The number of amides is 3. The van der Waals surface area contributed by atoms with Gasteiger partial charge in [0.15, 0.2) is 0 Å². The zero-order valence-corrected chi connectivity index (χ0v) is 10.1. The van der Waals surface area contributed by atoms with Crippen LogP contribution in [0.1, 0.15) is 6.92 Å². The second kappa shape index (κ2) is 7.86. The van der Waals surface area contributed by atoms with E-state index in [9.17, 15) is 9.59 Å². The van der Waals surface area contributed by atoms with Gasteiger partial charge >= 0.3 is 12.1 Å². The van der Waals surface area contributed by atoms with Crippen LogP contribution in [-0.2, 0) is 9.47 Å². The molecule has 0 aliphatic carbocycles. The fourth-order valence-electron chi connectivity index (χ4n) is 1.57. The van der Waals surface area contributed by atoms with E-state index in [-0.39, 0.29) is 6.61 Å². The Hall–Kier alpha value is -1.34. The minimum atomic E-state index is -0.719. The summed E-state index contributed by atoms with van der Waals surface area (Å²) in [5, 5.41) is 4.68. The molecule has 0 atom stereocenters. The molecular weight excluding hydrogens is 226 g/mol. The standard InChI is InChI=1S/C10H19N3O4/c1-2-17-10(15)12-9(14)11-3-4-13-5-7-16-8-6-13/h2-8H2,1H3,(H2,11,12,14,15)/p+1. The lowest BCUT2D eigenvalue weighted by Gasteiger charge is -2.23. The second-order valence-electron chi connectivity index (χ2n) is 3.71. The molecule has 1 fully saturated rings. The van der Waals surface area contributed by atoms with Crippen molar-refractivity contribution in [3.63, 3.8) is 0 Å². The molecule has 1 saturated heterocycles. The number of hydrogen-bond acceptors (Lipinski definition) is 4. The van der Waals surface area contributed by atoms with Gasteiger partial charge in [0, 0.05) is 0 Å².